The quantitative estimate of drug-likeness (QED) is 0.918. The molecule has 2 heterocycles. The highest BCUT2D eigenvalue weighted by Crippen LogP contribution is 2.34. The molecule has 1 aromatic carbocycles. The highest BCUT2D eigenvalue weighted by Gasteiger charge is 2.23. The first-order valence-corrected chi connectivity index (χ1v) is 6.77. The maximum Gasteiger partial charge on any atom is 0.142 e. The fraction of sp³-hybridized carbons (Fsp3) is 0.250. The molecule has 1 fully saturated rings. The van der Waals surface area contributed by atoms with E-state index in [1.54, 1.807) is 24.3 Å². The Kier molecular flexibility index (Phi) is 3.55. The molecule has 1 aliphatic heterocycles. The number of rotatable bonds is 2. The van der Waals surface area contributed by atoms with Crippen LogP contribution in [0.2, 0.25) is 0 Å². The second kappa shape index (κ2) is 5.51. The van der Waals surface area contributed by atoms with Gasteiger partial charge in [0.05, 0.1) is 11.8 Å². The molecule has 1 saturated heterocycles. The monoisotopic (exact) mass is 283 g/mol. The lowest BCUT2D eigenvalue weighted by Crippen LogP contribution is -2.06. The third-order valence-electron chi connectivity index (χ3n) is 3.60. The van der Waals surface area contributed by atoms with Crippen molar-refractivity contribution < 1.29 is 9.13 Å². The van der Waals surface area contributed by atoms with Gasteiger partial charge in [0.25, 0.3) is 0 Å². The number of benzene rings is 1. The predicted octanol–water partition coefficient (Wildman–Crippen LogP) is 3.19. The summed E-state index contributed by atoms with van der Waals surface area (Å²) in [6.07, 6.45) is 1.68. The average molecular weight is 283 g/mol. The largest absolute Gasteiger partial charge is 0.383 e. The Morgan fingerprint density at radius 3 is 2.81 bits per heavy atom. The predicted molar refractivity (Wildman–Crippen MR) is 76.7 cm³/mol. The molecule has 4 nitrogen and oxygen atoms in total. The molecule has 3 rings (SSSR count). The van der Waals surface area contributed by atoms with Crippen molar-refractivity contribution in [2.24, 2.45) is 0 Å². The van der Waals surface area contributed by atoms with Gasteiger partial charge in [-0.3, -0.25) is 0 Å². The molecule has 0 aliphatic carbocycles. The van der Waals surface area contributed by atoms with Crippen molar-refractivity contribution in [3.05, 3.63) is 47.4 Å². The standard InChI is InChI=1S/C16H14FN3O/c17-13-5-2-1-4-10(13)11-8-14(15-6-3-7-21-15)20-16(19)12(11)9-18/h1-2,4-5,8,15H,3,6-7H2,(H2,19,20). The summed E-state index contributed by atoms with van der Waals surface area (Å²) in [6, 6.07) is 10.0. The third kappa shape index (κ3) is 2.46. The lowest BCUT2D eigenvalue weighted by atomic mass is 9.98. The molecule has 1 unspecified atom stereocenters. The molecule has 5 heteroatoms. The summed E-state index contributed by atoms with van der Waals surface area (Å²) < 4.78 is 19.6. The number of aromatic nitrogens is 1. The van der Waals surface area contributed by atoms with Gasteiger partial charge in [0, 0.05) is 17.7 Å². The topological polar surface area (TPSA) is 71.9 Å². The minimum absolute atomic E-state index is 0.115. The van der Waals surface area contributed by atoms with Crippen molar-refractivity contribution in [1.29, 1.82) is 5.26 Å². The molecule has 2 N–H and O–H groups in total. The summed E-state index contributed by atoms with van der Waals surface area (Å²) >= 11 is 0. The zero-order chi connectivity index (χ0) is 14.8. The summed E-state index contributed by atoms with van der Waals surface area (Å²) in [5.41, 5.74) is 7.54. The molecule has 1 aromatic heterocycles. The van der Waals surface area contributed by atoms with Crippen molar-refractivity contribution in [2.75, 3.05) is 12.3 Å². The van der Waals surface area contributed by atoms with Gasteiger partial charge < -0.3 is 10.5 Å². The second-order valence-corrected chi connectivity index (χ2v) is 4.95. The van der Waals surface area contributed by atoms with Crippen LogP contribution in [0.5, 0.6) is 0 Å². The normalized spacial score (nSPS) is 17.6. The minimum Gasteiger partial charge on any atom is -0.383 e. The molecule has 21 heavy (non-hydrogen) atoms. The number of halogens is 1. The molecule has 0 saturated carbocycles. The van der Waals surface area contributed by atoms with Gasteiger partial charge in [-0.1, -0.05) is 18.2 Å². The highest BCUT2D eigenvalue weighted by molar-refractivity contribution is 5.76. The molecule has 106 valence electrons. The van der Waals surface area contributed by atoms with Gasteiger partial charge in [-0.05, 0) is 25.0 Å². The number of hydrogen-bond acceptors (Lipinski definition) is 4. The van der Waals surface area contributed by atoms with Crippen LogP contribution in [0.1, 0.15) is 30.2 Å². The number of anilines is 1. The van der Waals surface area contributed by atoms with E-state index in [2.05, 4.69) is 4.98 Å². The number of ether oxygens (including phenoxy) is 1. The lowest BCUT2D eigenvalue weighted by molar-refractivity contribution is 0.109. The molecular formula is C16H14FN3O. The Bertz CT molecular complexity index is 718. The lowest BCUT2D eigenvalue weighted by Gasteiger charge is -2.14. The Labute approximate surface area is 122 Å². The molecule has 2 aromatic rings. The molecule has 0 radical (unpaired) electrons. The first-order valence-electron chi connectivity index (χ1n) is 6.77. The Morgan fingerprint density at radius 2 is 2.14 bits per heavy atom. The second-order valence-electron chi connectivity index (χ2n) is 4.95. The summed E-state index contributed by atoms with van der Waals surface area (Å²) in [4.78, 5) is 4.25. The van der Waals surface area contributed by atoms with Gasteiger partial charge in [0.1, 0.15) is 23.3 Å². The van der Waals surface area contributed by atoms with E-state index in [1.165, 1.54) is 6.07 Å². The van der Waals surface area contributed by atoms with Gasteiger partial charge in [-0.2, -0.15) is 5.26 Å². The van der Waals surface area contributed by atoms with Crippen LogP contribution in [-0.4, -0.2) is 11.6 Å². The van der Waals surface area contributed by atoms with E-state index in [9.17, 15) is 9.65 Å². The average Bonchev–Trinajstić information content (AvgIpc) is 3.01. The van der Waals surface area contributed by atoms with Gasteiger partial charge in [0.15, 0.2) is 0 Å². The number of nitriles is 1. The summed E-state index contributed by atoms with van der Waals surface area (Å²) in [5.74, 6) is -0.276. The van der Waals surface area contributed by atoms with Crippen molar-refractivity contribution in [3.63, 3.8) is 0 Å². The first-order chi connectivity index (χ1) is 10.2. The van der Waals surface area contributed by atoms with E-state index in [4.69, 9.17) is 10.5 Å². The van der Waals surface area contributed by atoms with Crippen LogP contribution in [0.15, 0.2) is 30.3 Å². The SMILES string of the molecule is N#Cc1c(-c2ccccc2F)cc(C2CCCO2)nc1N. The van der Waals surface area contributed by atoms with Crippen molar-refractivity contribution in [1.82, 2.24) is 4.98 Å². The maximum absolute atomic E-state index is 14.0. The number of nitrogen functional groups attached to an aromatic ring is 1. The van der Waals surface area contributed by atoms with Crippen molar-refractivity contribution >= 4 is 5.82 Å². The highest BCUT2D eigenvalue weighted by atomic mass is 19.1. The smallest absolute Gasteiger partial charge is 0.142 e. The molecule has 0 bridgehead atoms. The third-order valence-corrected chi connectivity index (χ3v) is 3.60. The van der Waals surface area contributed by atoms with E-state index in [-0.39, 0.29) is 17.5 Å². The molecular weight excluding hydrogens is 269 g/mol. The molecule has 0 amide bonds. The van der Waals surface area contributed by atoms with Crippen LogP contribution < -0.4 is 5.73 Å². The van der Waals surface area contributed by atoms with Crippen LogP contribution in [0, 0.1) is 17.1 Å². The maximum atomic E-state index is 14.0. The van der Waals surface area contributed by atoms with Crippen LogP contribution in [0.3, 0.4) is 0 Å². The van der Waals surface area contributed by atoms with Gasteiger partial charge in [-0.15, -0.1) is 0 Å². The van der Waals surface area contributed by atoms with Gasteiger partial charge >= 0.3 is 0 Å². The zero-order valence-electron chi connectivity index (χ0n) is 11.3. The van der Waals surface area contributed by atoms with E-state index in [0.29, 0.717) is 23.4 Å². The van der Waals surface area contributed by atoms with Crippen LogP contribution in [0.25, 0.3) is 11.1 Å². The number of nitrogens with zero attached hydrogens (tertiary/aromatic N) is 2. The van der Waals surface area contributed by atoms with Crippen LogP contribution >= 0.6 is 0 Å². The van der Waals surface area contributed by atoms with Crippen molar-refractivity contribution in [2.45, 2.75) is 18.9 Å². The number of pyridine rings is 1. The Morgan fingerprint density at radius 1 is 1.33 bits per heavy atom. The zero-order valence-corrected chi connectivity index (χ0v) is 11.3. The summed E-state index contributed by atoms with van der Waals surface area (Å²) in [6.45, 7) is 0.682. The van der Waals surface area contributed by atoms with E-state index in [0.717, 1.165) is 12.8 Å². The van der Waals surface area contributed by atoms with Crippen LogP contribution in [0.4, 0.5) is 10.2 Å². The van der Waals surface area contributed by atoms with Gasteiger partial charge in [-0.25, -0.2) is 9.37 Å². The number of nitrogens with two attached hydrogens (primary N) is 1. The van der Waals surface area contributed by atoms with Gasteiger partial charge in [0.2, 0.25) is 0 Å². The van der Waals surface area contributed by atoms with E-state index >= 15 is 0 Å². The fourth-order valence-electron chi connectivity index (χ4n) is 2.57. The summed E-state index contributed by atoms with van der Waals surface area (Å²) in [5, 5.41) is 9.28. The summed E-state index contributed by atoms with van der Waals surface area (Å²) in [7, 11) is 0. The van der Waals surface area contributed by atoms with E-state index in [1.807, 2.05) is 6.07 Å². The minimum atomic E-state index is -0.391. The molecule has 1 aliphatic rings. The number of hydrogen-bond donors (Lipinski definition) is 1. The molecule has 1 atom stereocenters. The molecule has 0 spiro atoms. The Balaban J connectivity index is 2.18. The van der Waals surface area contributed by atoms with E-state index < -0.39 is 5.82 Å². The van der Waals surface area contributed by atoms with Crippen LogP contribution in [-0.2, 0) is 4.74 Å². The first kappa shape index (κ1) is 13.5. The fourth-order valence-corrected chi connectivity index (χ4v) is 2.57. The van der Waals surface area contributed by atoms with Crippen molar-refractivity contribution in [3.8, 4) is 17.2 Å². The Hall–Kier alpha value is -2.45.